The van der Waals surface area contributed by atoms with Crippen LogP contribution in [0.2, 0.25) is 0 Å². The van der Waals surface area contributed by atoms with Crippen molar-refractivity contribution < 1.29 is 9.15 Å². The summed E-state index contributed by atoms with van der Waals surface area (Å²) in [6.45, 7) is 13.4. The normalized spacial score (nSPS) is 13.8. The number of rotatable bonds is 5. The smallest absolute Gasteiger partial charge is 0.0579 e. The summed E-state index contributed by atoms with van der Waals surface area (Å²) in [6, 6.07) is 93.3. The second-order valence-electron chi connectivity index (χ2n) is 26.3. The van der Waals surface area contributed by atoms with Crippen LogP contribution in [0, 0.1) is 0 Å². The van der Waals surface area contributed by atoms with Gasteiger partial charge in [-0.2, -0.15) is 0 Å². The Morgan fingerprint density at radius 3 is 1.50 bits per heavy atom. The van der Waals surface area contributed by atoms with Crippen LogP contribution in [0.5, 0.6) is 11.5 Å². The van der Waals surface area contributed by atoms with E-state index >= 15 is 0 Å². The minimum absolute atomic E-state index is 0.0248. The number of furan rings is 1. The number of nitrogens with zero attached hydrogens (tertiary/aromatic N) is 3. The molecule has 0 saturated heterocycles. The number of hydrogen-bond acceptors (Lipinski definition) is 5. The van der Waals surface area contributed by atoms with E-state index in [0.29, 0.717) is 0 Å². The Balaban J connectivity index is 0.993. The van der Waals surface area contributed by atoms with Crippen LogP contribution in [0.3, 0.4) is 0 Å². The number of para-hydroxylation sites is 6. The van der Waals surface area contributed by atoms with Gasteiger partial charge in [0.15, 0.2) is 0 Å². The van der Waals surface area contributed by atoms with E-state index in [2.05, 4.69) is 305 Å². The second kappa shape index (κ2) is 18.9. The van der Waals surface area contributed by atoms with Gasteiger partial charge < -0.3 is 0 Å². The van der Waals surface area contributed by atoms with Gasteiger partial charge in [0.25, 0.3) is 0 Å². The summed E-state index contributed by atoms with van der Waals surface area (Å²) in [5.74, 6) is 1.79. The number of hydrogen-bond donors (Lipinski definition) is 0. The topological polar surface area (TPSA) is 32.1 Å². The molecule has 0 atom stereocenters. The molecule has 14 aromatic rings. The first-order valence-corrected chi connectivity index (χ1v) is 32.5. The molecule has 88 heavy (non-hydrogen) atoms. The van der Waals surface area contributed by atoms with Gasteiger partial charge >= 0.3 is 358 Å². The zero-order valence-electron chi connectivity index (χ0n) is 49.9. The molecule has 0 saturated carbocycles. The summed E-state index contributed by atoms with van der Waals surface area (Å²) in [7, 11) is 0. The minimum Gasteiger partial charge on any atom is -0.0579 e. The van der Waals surface area contributed by atoms with E-state index in [-0.39, 0.29) is 38.8 Å². The van der Waals surface area contributed by atoms with E-state index in [1.807, 2.05) is 0 Å². The van der Waals surface area contributed by atoms with Gasteiger partial charge in [0.1, 0.15) is 5.58 Å². The van der Waals surface area contributed by atoms with Crippen molar-refractivity contribution in [3.05, 3.63) is 260 Å². The summed E-state index contributed by atoms with van der Waals surface area (Å²) < 4.78 is 17.8. The molecule has 5 nitrogen and oxygen atoms in total. The Labute approximate surface area is 519 Å². The van der Waals surface area contributed by atoms with Crippen molar-refractivity contribution in [1.82, 2.24) is 0 Å². The zero-order chi connectivity index (χ0) is 58.9. The van der Waals surface area contributed by atoms with Gasteiger partial charge in [-0.1, -0.05) is 108 Å². The molecular weight excluding hydrogens is 1140 g/mol. The van der Waals surface area contributed by atoms with Crippen molar-refractivity contribution in [3.63, 3.8) is 0 Å². The van der Waals surface area contributed by atoms with Crippen LogP contribution in [0.25, 0.3) is 63.5 Å². The van der Waals surface area contributed by atoms with Gasteiger partial charge in [0, 0.05) is 11.1 Å². The first-order chi connectivity index (χ1) is 42.9. The standard InChI is InChI=1S/C80H59B2N3O2Se/c1-79(2,3)50-40-36-48(37-41-50)54-28-21-29-55(49-38-42-51(43-39-49)80(4,5)6)76(54)85-64-45-67-61(82-59-31-16-18-33-63(59)84(53-24-11-8-12-25-53)78-73-57-27-14-20-35-70(57)88-71(73)47-69(87-67)75(78)82)44-60(64)81-58-30-15-17-32-62(58)83(52-22-9-7-10-23-52)77-72-56-26-13-19-34-66(56)86-68(72)46-65(85)74(77)81/h7-47H,1-6H3. The molecule has 12 aromatic carbocycles. The molecule has 4 aliphatic heterocycles. The van der Waals surface area contributed by atoms with E-state index in [4.69, 9.17) is 9.15 Å². The number of benzene rings is 12. The molecule has 8 heteroatoms. The van der Waals surface area contributed by atoms with Crippen molar-refractivity contribution >= 4 is 153 Å². The Hall–Kier alpha value is -9.71. The second-order valence-corrected chi connectivity index (χ2v) is 28.6. The van der Waals surface area contributed by atoms with Crippen LogP contribution >= 0.6 is 0 Å². The van der Waals surface area contributed by atoms with E-state index < -0.39 is 0 Å². The van der Waals surface area contributed by atoms with Gasteiger partial charge in [0.2, 0.25) is 0 Å². The van der Waals surface area contributed by atoms with Gasteiger partial charge in [-0.3, -0.25) is 0 Å². The summed E-state index contributed by atoms with van der Waals surface area (Å²) in [6.07, 6.45) is 0. The molecule has 0 aliphatic carbocycles. The predicted octanol–water partition coefficient (Wildman–Crippen LogP) is 17.4. The molecule has 0 spiro atoms. The summed E-state index contributed by atoms with van der Waals surface area (Å²) in [4.78, 5) is 7.68. The van der Waals surface area contributed by atoms with Crippen molar-refractivity contribution in [3.8, 4) is 33.8 Å². The maximum absolute atomic E-state index is 7.80. The Bertz CT molecular complexity index is 5160. The van der Waals surface area contributed by atoms with Gasteiger partial charge in [-0.05, 0) is 40.2 Å². The molecule has 2 aromatic heterocycles. The predicted molar refractivity (Wildman–Crippen MR) is 374 cm³/mol. The molecular formula is C80H59B2N3O2Se. The average molecular weight is 1190 g/mol. The molecule has 6 heterocycles. The van der Waals surface area contributed by atoms with Crippen LogP contribution in [0.1, 0.15) is 52.7 Å². The SMILES string of the molecule is CC(C)(C)c1ccc(-c2cccc(-c3ccc(C(C)(C)C)cc3)c2N2c3cc4c(cc3B3c5ccccc5N(c5ccccc5)c5c3c2cc2oc3ccccc3c52)B2c3ccccc3N(c3ccccc3)c3c2c(cc2[se]c5ccccc5c32)O4)cc1. The fourth-order valence-electron chi connectivity index (χ4n) is 15.2. The minimum atomic E-state index is -0.210. The van der Waals surface area contributed by atoms with E-state index in [0.717, 1.165) is 101 Å². The maximum atomic E-state index is 7.80. The monoisotopic (exact) mass is 1200 g/mol. The van der Waals surface area contributed by atoms with Crippen LogP contribution in [0.4, 0.5) is 51.2 Å². The van der Waals surface area contributed by atoms with Gasteiger partial charge in [-0.25, -0.2) is 0 Å². The molecule has 0 unspecified atom stereocenters. The first kappa shape index (κ1) is 51.5. The third-order valence-corrected chi connectivity index (χ3v) is 21.5. The van der Waals surface area contributed by atoms with E-state index in [9.17, 15) is 0 Å². The third-order valence-electron chi connectivity index (χ3n) is 19.2. The van der Waals surface area contributed by atoms with E-state index in [1.165, 1.54) is 69.1 Å². The molecule has 0 fully saturated rings. The summed E-state index contributed by atoms with van der Waals surface area (Å²) >= 11 is 0.0737. The fourth-order valence-corrected chi connectivity index (χ4v) is 17.6. The molecule has 0 amide bonds. The zero-order valence-corrected chi connectivity index (χ0v) is 51.6. The van der Waals surface area contributed by atoms with Crippen LogP contribution in [-0.2, 0) is 10.8 Å². The Morgan fingerprint density at radius 1 is 0.352 bits per heavy atom. The van der Waals surface area contributed by atoms with Crippen molar-refractivity contribution in [2.45, 2.75) is 52.4 Å². The first-order valence-electron chi connectivity index (χ1n) is 30.8. The van der Waals surface area contributed by atoms with Crippen molar-refractivity contribution in [1.29, 1.82) is 0 Å². The third kappa shape index (κ3) is 7.49. The molecule has 18 rings (SSSR count). The summed E-state index contributed by atoms with van der Waals surface area (Å²) in [5.41, 5.74) is 26.2. The van der Waals surface area contributed by atoms with Crippen molar-refractivity contribution in [2.75, 3.05) is 14.7 Å². The molecule has 0 N–H and O–H groups in total. The molecule has 4 aliphatic rings. The molecule has 0 bridgehead atoms. The molecule has 418 valence electrons. The average Bonchev–Trinajstić information content (AvgIpc) is 1.05. The van der Waals surface area contributed by atoms with Crippen LogP contribution in [-0.4, -0.2) is 27.9 Å². The van der Waals surface area contributed by atoms with Gasteiger partial charge in [0.05, 0.1) is 0 Å². The molecule has 0 radical (unpaired) electrons. The Morgan fingerprint density at radius 2 is 0.886 bits per heavy atom. The Kier molecular flexibility index (Phi) is 11.1. The van der Waals surface area contributed by atoms with Crippen LogP contribution in [0.15, 0.2) is 253 Å². The van der Waals surface area contributed by atoms with E-state index in [1.54, 1.807) is 0 Å². The number of fused-ring (bicyclic) bond motifs is 16. The van der Waals surface area contributed by atoms with Gasteiger partial charge in [-0.15, -0.1) is 0 Å². The van der Waals surface area contributed by atoms with Crippen LogP contribution < -0.4 is 52.2 Å². The number of ether oxygens (including phenoxy) is 1. The quantitative estimate of drug-likeness (QED) is 0.160. The fraction of sp³-hybridized carbons (Fsp3) is 0.100. The summed E-state index contributed by atoms with van der Waals surface area (Å²) in [5, 5.41) is 4.83. The number of anilines is 9. The van der Waals surface area contributed by atoms with Crippen molar-refractivity contribution in [2.24, 2.45) is 0 Å².